The van der Waals surface area contributed by atoms with Crippen molar-refractivity contribution in [2.45, 2.75) is 50.7 Å². The summed E-state index contributed by atoms with van der Waals surface area (Å²) in [6.45, 7) is 2.01. The fraction of sp³-hybridized carbons (Fsp3) is 0.462. The normalized spacial score (nSPS) is 19.3. The van der Waals surface area contributed by atoms with Gasteiger partial charge >= 0.3 is 0 Å². The third-order valence-electron chi connectivity index (χ3n) is 6.72. The monoisotopic (exact) mass is 465 g/mol. The number of methoxy groups -OCH3 is 1. The Hall–Kier alpha value is -3.42. The van der Waals surface area contributed by atoms with Gasteiger partial charge in [0, 0.05) is 31.4 Å². The van der Waals surface area contributed by atoms with E-state index in [0.717, 1.165) is 36.4 Å². The molecule has 1 amide bonds. The Morgan fingerprint density at radius 1 is 1.09 bits per heavy atom. The number of piperazine rings is 1. The lowest BCUT2D eigenvalue weighted by atomic mass is 10.0. The molecule has 182 valence electrons. The molecular formula is C26H35N5O3. The van der Waals surface area contributed by atoms with Gasteiger partial charge in [-0.05, 0) is 49.8 Å². The van der Waals surface area contributed by atoms with E-state index in [9.17, 15) is 4.79 Å². The molecule has 2 aromatic rings. The first-order chi connectivity index (χ1) is 16.6. The number of benzene rings is 2. The molecule has 1 heterocycles. The molecule has 1 aliphatic heterocycles. The maximum absolute atomic E-state index is 13.0. The average molecular weight is 466 g/mol. The number of amidine groups is 1. The van der Waals surface area contributed by atoms with Gasteiger partial charge in [0.25, 0.3) is 0 Å². The van der Waals surface area contributed by atoms with Gasteiger partial charge in [0.1, 0.15) is 5.84 Å². The van der Waals surface area contributed by atoms with Gasteiger partial charge in [-0.1, -0.05) is 30.3 Å². The summed E-state index contributed by atoms with van der Waals surface area (Å²) in [6, 6.07) is 16.4. The van der Waals surface area contributed by atoms with E-state index in [1.54, 1.807) is 7.11 Å². The highest BCUT2D eigenvalue weighted by molar-refractivity contribution is 5.99. The molecule has 8 nitrogen and oxygen atoms in total. The number of hydrogen-bond donors (Lipinski definition) is 2. The van der Waals surface area contributed by atoms with E-state index < -0.39 is 0 Å². The second-order valence-electron chi connectivity index (χ2n) is 9.03. The Bertz CT molecular complexity index is 991. The summed E-state index contributed by atoms with van der Waals surface area (Å²) in [6.07, 6.45) is 5.63. The molecular weight excluding hydrogens is 430 g/mol. The lowest BCUT2D eigenvalue weighted by Crippen LogP contribution is -2.56. The van der Waals surface area contributed by atoms with Crippen LogP contribution >= 0.6 is 0 Å². The first-order valence-electron chi connectivity index (χ1n) is 12.0. The van der Waals surface area contributed by atoms with E-state index in [1.807, 2.05) is 29.2 Å². The highest BCUT2D eigenvalue weighted by atomic mass is 16.5. The molecule has 0 aromatic heterocycles. The number of amides is 1. The van der Waals surface area contributed by atoms with E-state index >= 15 is 0 Å². The van der Waals surface area contributed by atoms with Crippen LogP contribution in [0.4, 0.5) is 5.69 Å². The van der Waals surface area contributed by atoms with E-state index in [4.69, 9.17) is 21.1 Å². The molecule has 0 bridgehead atoms. The van der Waals surface area contributed by atoms with E-state index in [1.165, 1.54) is 18.4 Å². The highest BCUT2D eigenvalue weighted by Gasteiger charge is 2.31. The molecule has 4 N–H and O–H groups in total. The van der Waals surface area contributed by atoms with Gasteiger partial charge in [0.15, 0.2) is 11.5 Å². The van der Waals surface area contributed by atoms with Gasteiger partial charge in [0.2, 0.25) is 5.91 Å². The first-order valence-corrected chi connectivity index (χ1v) is 12.0. The number of hydrogen-bond acceptors (Lipinski definition) is 6. The van der Waals surface area contributed by atoms with Crippen LogP contribution in [0.3, 0.4) is 0 Å². The SMILES string of the molecule is COc1ccc(N2CCN(C(=O)C/C(N)=N/N)[C@@H](Cc3ccccc3)C2)cc1OC1CCCC1. The Kier molecular flexibility index (Phi) is 7.77. The quantitative estimate of drug-likeness (QED) is 0.269. The number of anilines is 1. The minimum Gasteiger partial charge on any atom is -0.493 e. The Morgan fingerprint density at radius 2 is 1.85 bits per heavy atom. The summed E-state index contributed by atoms with van der Waals surface area (Å²) in [5.41, 5.74) is 8.01. The second kappa shape index (κ2) is 11.1. The number of nitrogens with zero attached hydrogens (tertiary/aromatic N) is 3. The van der Waals surface area contributed by atoms with Crippen molar-refractivity contribution < 1.29 is 14.3 Å². The van der Waals surface area contributed by atoms with Gasteiger partial charge in [-0.2, -0.15) is 5.10 Å². The summed E-state index contributed by atoms with van der Waals surface area (Å²) in [5, 5.41) is 3.47. The second-order valence-corrected chi connectivity index (χ2v) is 9.03. The largest absolute Gasteiger partial charge is 0.493 e. The van der Waals surface area contributed by atoms with Crippen LogP contribution in [-0.4, -0.2) is 55.5 Å². The van der Waals surface area contributed by atoms with Crippen LogP contribution in [0.1, 0.15) is 37.7 Å². The third kappa shape index (κ3) is 5.73. The number of carbonyl (C=O) groups is 1. The van der Waals surface area contributed by atoms with Crippen molar-refractivity contribution in [3.05, 3.63) is 54.1 Å². The zero-order valence-electron chi connectivity index (χ0n) is 19.9. The van der Waals surface area contributed by atoms with Crippen LogP contribution in [-0.2, 0) is 11.2 Å². The van der Waals surface area contributed by atoms with Crippen molar-refractivity contribution in [1.29, 1.82) is 0 Å². The summed E-state index contributed by atoms with van der Waals surface area (Å²) < 4.78 is 11.9. The number of hydrazone groups is 1. The predicted molar refractivity (Wildman–Crippen MR) is 134 cm³/mol. The van der Waals surface area contributed by atoms with Gasteiger partial charge < -0.3 is 30.8 Å². The minimum atomic E-state index is -0.0488. The lowest BCUT2D eigenvalue weighted by molar-refractivity contribution is -0.132. The summed E-state index contributed by atoms with van der Waals surface area (Å²) >= 11 is 0. The van der Waals surface area contributed by atoms with Crippen molar-refractivity contribution in [2.75, 3.05) is 31.6 Å². The van der Waals surface area contributed by atoms with Crippen LogP contribution < -0.4 is 25.9 Å². The zero-order chi connectivity index (χ0) is 23.9. The minimum absolute atomic E-state index is 0.00414. The number of nitrogens with two attached hydrogens (primary N) is 2. The topological polar surface area (TPSA) is 106 Å². The number of rotatable bonds is 8. The van der Waals surface area contributed by atoms with Crippen molar-refractivity contribution in [3.8, 4) is 11.5 Å². The van der Waals surface area contributed by atoms with Gasteiger partial charge in [0.05, 0.1) is 25.7 Å². The Morgan fingerprint density at radius 3 is 2.56 bits per heavy atom. The van der Waals surface area contributed by atoms with Crippen LogP contribution in [0.25, 0.3) is 0 Å². The zero-order valence-corrected chi connectivity index (χ0v) is 19.9. The molecule has 1 aliphatic carbocycles. The molecule has 4 rings (SSSR count). The molecule has 2 fully saturated rings. The molecule has 0 radical (unpaired) electrons. The lowest BCUT2D eigenvalue weighted by Gasteiger charge is -2.43. The van der Waals surface area contributed by atoms with Crippen molar-refractivity contribution in [3.63, 3.8) is 0 Å². The molecule has 0 spiro atoms. The number of ether oxygens (including phenoxy) is 2. The number of carbonyl (C=O) groups excluding carboxylic acids is 1. The first kappa shape index (κ1) is 23.7. The molecule has 1 saturated carbocycles. The average Bonchev–Trinajstić information content (AvgIpc) is 3.37. The van der Waals surface area contributed by atoms with E-state index in [2.05, 4.69) is 34.3 Å². The summed E-state index contributed by atoms with van der Waals surface area (Å²) in [4.78, 5) is 17.2. The molecule has 8 heteroatoms. The maximum Gasteiger partial charge on any atom is 0.230 e. The van der Waals surface area contributed by atoms with Gasteiger partial charge in [-0.25, -0.2) is 0 Å². The van der Waals surface area contributed by atoms with Crippen LogP contribution in [0, 0.1) is 0 Å². The smallest absolute Gasteiger partial charge is 0.230 e. The maximum atomic E-state index is 13.0. The van der Waals surface area contributed by atoms with Gasteiger partial charge in [-0.3, -0.25) is 4.79 Å². The molecule has 2 aliphatic rings. The standard InChI is InChI=1S/C26H35N5O3/c1-33-23-12-11-20(16-24(23)34-22-9-5-6-10-22)30-13-14-31(26(32)17-25(27)29-28)21(18-30)15-19-7-3-2-4-8-19/h2-4,7-8,11-12,16,21-22H,5-6,9-10,13-15,17-18,28H2,1H3,(H2,27,29)/t21-/m0/s1. The van der Waals surface area contributed by atoms with Crippen molar-refractivity contribution >= 4 is 17.4 Å². The fourth-order valence-electron chi connectivity index (χ4n) is 4.92. The molecule has 1 atom stereocenters. The molecule has 1 saturated heterocycles. The third-order valence-corrected chi connectivity index (χ3v) is 6.72. The summed E-state index contributed by atoms with van der Waals surface area (Å²) in [7, 11) is 1.67. The fourth-order valence-corrected chi connectivity index (χ4v) is 4.92. The van der Waals surface area contributed by atoms with Crippen molar-refractivity contribution in [2.24, 2.45) is 16.7 Å². The van der Waals surface area contributed by atoms with E-state index in [-0.39, 0.29) is 30.3 Å². The van der Waals surface area contributed by atoms with Gasteiger partial charge in [-0.15, -0.1) is 0 Å². The van der Waals surface area contributed by atoms with Crippen molar-refractivity contribution in [1.82, 2.24) is 4.90 Å². The Labute approximate surface area is 201 Å². The van der Waals surface area contributed by atoms with Crippen LogP contribution in [0.5, 0.6) is 11.5 Å². The summed E-state index contributed by atoms with van der Waals surface area (Å²) in [5.74, 6) is 6.90. The highest BCUT2D eigenvalue weighted by Crippen LogP contribution is 2.35. The van der Waals surface area contributed by atoms with Crippen LogP contribution in [0.2, 0.25) is 0 Å². The molecule has 34 heavy (non-hydrogen) atoms. The predicted octanol–water partition coefficient (Wildman–Crippen LogP) is 2.90. The molecule has 0 unspecified atom stereocenters. The Balaban J connectivity index is 1.54. The van der Waals surface area contributed by atoms with Crippen LogP contribution in [0.15, 0.2) is 53.6 Å². The van der Waals surface area contributed by atoms with E-state index in [0.29, 0.717) is 19.6 Å². The molecule has 2 aromatic carbocycles.